The van der Waals surface area contributed by atoms with Gasteiger partial charge in [0.2, 0.25) is 5.91 Å². The Morgan fingerprint density at radius 2 is 2.00 bits per heavy atom. The van der Waals surface area contributed by atoms with E-state index in [0.29, 0.717) is 13.0 Å². The molecule has 5 heteroatoms. The number of aliphatic hydroxyl groups excluding tert-OH is 1. The van der Waals surface area contributed by atoms with Gasteiger partial charge in [-0.3, -0.25) is 4.79 Å². The van der Waals surface area contributed by atoms with Crippen molar-refractivity contribution in [2.45, 2.75) is 44.6 Å². The molecule has 5 nitrogen and oxygen atoms in total. The lowest BCUT2D eigenvalue weighted by molar-refractivity contribution is -0.116. The average molecular weight is 304 g/mol. The summed E-state index contributed by atoms with van der Waals surface area (Å²) in [5.41, 5.74) is 0.849. The van der Waals surface area contributed by atoms with Gasteiger partial charge in [0.1, 0.15) is 12.6 Å². The van der Waals surface area contributed by atoms with Crippen molar-refractivity contribution in [3.8, 4) is 0 Å². The largest absolute Gasteiger partial charge is 0.479 e. The molecule has 1 aliphatic rings. The highest BCUT2D eigenvalue weighted by atomic mass is 16.5. The van der Waals surface area contributed by atoms with Gasteiger partial charge in [0.05, 0.1) is 6.61 Å². The Bertz CT molecular complexity index is 488. The number of hydrogen-bond donors (Lipinski definition) is 2. The summed E-state index contributed by atoms with van der Waals surface area (Å²) in [5, 5.41) is 11.8. The van der Waals surface area contributed by atoms with Crippen molar-refractivity contribution in [1.82, 2.24) is 0 Å². The van der Waals surface area contributed by atoms with Crippen LogP contribution in [-0.4, -0.2) is 36.2 Å². The van der Waals surface area contributed by atoms with Crippen molar-refractivity contribution in [3.63, 3.8) is 0 Å². The number of anilines is 1. The van der Waals surface area contributed by atoms with Gasteiger partial charge in [-0.15, -0.1) is 0 Å². The standard InChI is InChI=1S/C17H24N2O3/c20-12-15-13-22-17(19-15)11-7-2-1-6-10-16(21)18-14-8-4-3-5-9-14/h3-5,8-9,15,20H,1-2,6-7,10-13H2,(H,18,21)/t15-/m0/s1. The molecular formula is C17H24N2O3. The molecule has 0 saturated heterocycles. The summed E-state index contributed by atoms with van der Waals surface area (Å²) in [7, 11) is 0. The topological polar surface area (TPSA) is 70.9 Å². The van der Waals surface area contributed by atoms with E-state index in [-0.39, 0.29) is 18.6 Å². The predicted octanol–water partition coefficient (Wildman–Crippen LogP) is 2.76. The van der Waals surface area contributed by atoms with E-state index < -0.39 is 0 Å². The van der Waals surface area contributed by atoms with E-state index in [2.05, 4.69) is 10.3 Å². The number of rotatable bonds is 9. The van der Waals surface area contributed by atoms with E-state index in [1.54, 1.807) is 0 Å². The molecule has 0 bridgehead atoms. The van der Waals surface area contributed by atoms with E-state index in [1.807, 2.05) is 30.3 Å². The van der Waals surface area contributed by atoms with Crippen LogP contribution in [0.15, 0.2) is 35.3 Å². The van der Waals surface area contributed by atoms with Crippen LogP contribution in [-0.2, 0) is 9.53 Å². The second kappa shape index (κ2) is 9.20. The summed E-state index contributed by atoms with van der Waals surface area (Å²) in [6.45, 7) is 0.561. The summed E-state index contributed by atoms with van der Waals surface area (Å²) in [6.07, 6.45) is 5.37. The van der Waals surface area contributed by atoms with Gasteiger partial charge in [-0.2, -0.15) is 0 Å². The third kappa shape index (κ3) is 5.85. The lowest BCUT2D eigenvalue weighted by atomic mass is 10.1. The van der Waals surface area contributed by atoms with Crippen LogP contribution >= 0.6 is 0 Å². The average Bonchev–Trinajstić information content (AvgIpc) is 2.99. The number of nitrogens with one attached hydrogen (secondary N) is 1. The summed E-state index contributed by atoms with van der Waals surface area (Å²) in [4.78, 5) is 16.0. The third-order valence-corrected chi connectivity index (χ3v) is 3.58. The second-order valence-electron chi connectivity index (χ2n) is 5.50. The molecule has 2 rings (SSSR count). The molecule has 0 aromatic heterocycles. The van der Waals surface area contributed by atoms with Gasteiger partial charge >= 0.3 is 0 Å². The molecule has 0 radical (unpaired) electrons. The smallest absolute Gasteiger partial charge is 0.224 e. The fourth-order valence-electron chi connectivity index (χ4n) is 2.36. The molecule has 1 amide bonds. The van der Waals surface area contributed by atoms with Crippen LogP contribution in [0.1, 0.15) is 38.5 Å². The van der Waals surface area contributed by atoms with Crippen LogP contribution in [0.4, 0.5) is 5.69 Å². The van der Waals surface area contributed by atoms with Gasteiger partial charge in [-0.05, 0) is 25.0 Å². The van der Waals surface area contributed by atoms with Crippen molar-refractivity contribution in [2.75, 3.05) is 18.5 Å². The molecule has 1 aliphatic heterocycles. The van der Waals surface area contributed by atoms with Crippen LogP contribution in [0.25, 0.3) is 0 Å². The van der Waals surface area contributed by atoms with Gasteiger partial charge in [0.25, 0.3) is 0 Å². The fraction of sp³-hybridized carbons (Fsp3) is 0.529. The number of carbonyl (C=O) groups is 1. The summed E-state index contributed by atoms with van der Waals surface area (Å²) < 4.78 is 5.39. The minimum absolute atomic E-state index is 0.0556. The number of hydrogen-bond acceptors (Lipinski definition) is 4. The first-order valence-electron chi connectivity index (χ1n) is 7.93. The summed E-state index contributed by atoms with van der Waals surface area (Å²) in [5.74, 6) is 0.835. The maximum atomic E-state index is 11.7. The molecule has 1 aromatic rings. The molecule has 0 spiro atoms. The van der Waals surface area contributed by atoms with Crippen LogP contribution in [0, 0.1) is 0 Å². The first kappa shape index (κ1) is 16.5. The molecule has 0 fully saturated rings. The number of ether oxygens (including phenoxy) is 1. The molecule has 0 unspecified atom stereocenters. The molecule has 2 N–H and O–H groups in total. The Morgan fingerprint density at radius 1 is 1.23 bits per heavy atom. The van der Waals surface area contributed by atoms with Crippen molar-refractivity contribution in [2.24, 2.45) is 4.99 Å². The maximum absolute atomic E-state index is 11.7. The summed E-state index contributed by atoms with van der Waals surface area (Å²) in [6, 6.07) is 9.45. The quantitative estimate of drug-likeness (QED) is 0.689. The predicted molar refractivity (Wildman–Crippen MR) is 87.0 cm³/mol. The van der Waals surface area contributed by atoms with Gasteiger partial charge in [0, 0.05) is 18.5 Å². The fourth-order valence-corrected chi connectivity index (χ4v) is 2.36. The number of amides is 1. The van der Waals surface area contributed by atoms with Crippen LogP contribution in [0.3, 0.4) is 0 Å². The number of benzene rings is 1. The highest BCUT2D eigenvalue weighted by molar-refractivity contribution is 5.90. The first-order valence-corrected chi connectivity index (χ1v) is 7.93. The van der Waals surface area contributed by atoms with Gasteiger partial charge in [-0.1, -0.05) is 31.0 Å². The van der Waals surface area contributed by atoms with Crippen molar-refractivity contribution in [1.29, 1.82) is 0 Å². The van der Waals surface area contributed by atoms with E-state index >= 15 is 0 Å². The first-order chi connectivity index (χ1) is 10.8. The SMILES string of the molecule is O=C(CCCCCCC1=N[C@@H](CO)CO1)Nc1ccccc1. The van der Waals surface area contributed by atoms with E-state index in [1.165, 1.54) is 0 Å². The van der Waals surface area contributed by atoms with Crippen molar-refractivity contribution >= 4 is 17.5 Å². The van der Waals surface area contributed by atoms with Crippen molar-refractivity contribution < 1.29 is 14.6 Å². The lowest BCUT2D eigenvalue weighted by Crippen LogP contribution is -2.10. The zero-order chi connectivity index (χ0) is 15.6. The number of aliphatic imine (C=N–C) groups is 1. The molecule has 1 heterocycles. The summed E-state index contributed by atoms with van der Waals surface area (Å²) >= 11 is 0. The van der Waals surface area contributed by atoms with Crippen molar-refractivity contribution in [3.05, 3.63) is 30.3 Å². The lowest BCUT2D eigenvalue weighted by Gasteiger charge is -2.05. The molecule has 0 aliphatic carbocycles. The number of nitrogens with zero attached hydrogens (tertiary/aromatic N) is 1. The van der Waals surface area contributed by atoms with Gasteiger partial charge < -0.3 is 15.2 Å². The Labute approximate surface area is 131 Å². The molecule has 1 atom stereocenters. The third-order valence-electron chi connectivity index (χ3n) is 3.58. The number of unbranched alkanes of at least 4 members (excludes halogenated alkanes) is 3. The normalized spacial score (nSPS) is 17.0. The van der Waals surface area contributed by atoms with Gasteiger partial charge in [0.15, 0.2) is 5.90 Å². The second-order valence-corrected chi connectivity index (χ2v) is 5.50. The molecular weight excluding hydrogens is 280 g/mol. The molecule has 22 heavy (non-hydrogen) atoms. The monoisotopic (exact) mass is 304 g/mol. The minimum Gasteiger partial charge on any atom is -0.479 e. The zero-order valence-corrected chi connectivity index (χ0v) is 12.8. The Hall–Kier alpha value is -1.88. The van der Waals surface area contributed by atoms with Crippen LogP contribution in [0.2, 0.25) is 0 Å². The van der Waals surface area contributed by atoms with Gasteiger partial charge in [-0.25, -0.2) is 4.99 Å². The minimum atomic E-state index is -0.0725. The Morgan fingerprint density at radius 3 is 2.73 bits per heavy atom. The van der Waals surface area contributed by atoms with Crippen LogP contribution in [0.5, 0.6) is 0 Å². The van der Waals surface area contributed by atoms with E-state index in [9.17, 15) is 4.79 Å². The number of carbonyl (C=O) groups excluding carboxylic acids is 1. The molecule has 120 valence electrons. The maximum Gasteiger partial charge on any atom is 0.224 e. The molecule has 1 aromatic carbocycles. The zero-order valence-electron chi connectivity index (χ0n) is 12.8. The highest BCUT2D eigenvalue weighted by Crippen LogP contribution is 2.12. The number of aliphatic hydroxyl groups is 1. The highest BCUT2D eigenvalue weighted by Gasteiger charge is 2.16. The van der Waals surface area contributed by atoms with E-state index in [4.69, 9.17) is 9.84 Å². The Kier molecular flexibility index (Phi) is 6.90. The Balaban J connectivity index is 1.50. The molecule has 0 saturated carbocycles. The van der Waals surface area contributed by atoms with Crippen LogP contribution < -0.4 is 5.32 Å². The van der Waals surface area contributed by atoms with E-state index in [0.717, 1.165) is 43.7 Å². The number of para-hydroxylation sites is 1.